The highest BCUT2D eigenvalue weighted by Gasteiger charge is 2.45. The van der Waals surface area contributed by atoms with Gasteiger partial charge in [-0.25, -0.2) is 13.2 Å². The average Bonchev–Trinajstić information content (AvgIpc) is 3.05. The second kappa shape index (κ2) is 11.4. The summed E-state index contributed by atoms with van der Waals surface area (Å²) in [6.45, 7) is 1.07. The number of rotatable bonds is 7. The van der Waals surface area contributed by atoms with Crippen molar-refractivity contribution in [2.24, 2.45) is 0 Å². The molecule has 2 aromatic carbocycles. The molecule has 3 heterocycles. The van der Waals surface area contributed by atoms with Crippen LogP contribution in [0.5, 0.6) is 5.75 Å². The van der Waals surface area contributed by atoms with E-state index in [1.807, 2.05) is 0 Å². The lowest BCUT2D eigenvalue weighted by Crippen LogP contribution is -2.51. The number of aromatic nitrogens is 1. The molecule has 0 radical (unpaired) electrons. The number of fused-ring (bicyclic) bond motifs is 4. The summed E-state index contributed by atoms with van der Waals surface area (Å²) >= 11 is 0. The van der Waals surface area contributed by atoms with E-state index in [1.54, 1.807) is 37.3 Å². The lowest BCUT2D eigenvalue weighted by atomic mass is 10.0. The molecule has 2 amide bonds. The number of benzene rings is 2. The smallest absolute Gasteiger partial charge is 0.274 e. The molecule has 41 heavy (non-hydrogen) atoms. The molecule has 4 atom stereocenters. The number of aliphatic hydroxyl groups is 1. The molecule has 1 aromatic heterocycles. The number of aliphatic hydroxyl groups excluding tert-OH is 1. The Hall–Kier alpha value is -4.16. The molecule has 0 unspecified atom stereocenters. The third kappa shape index (κ3) is 5.32. The van der Waals surface area contributed by atoms with E-state index in [0.717, 1.165) is 0 Å². The van der Waals surface area contributed by atoms with Gasteiger partial charge < -0.3 is 29.4 Å². The van der Waals surface area contributed by atoms with E-state index < -0.39 is 76.7 Å². The molecule has 3 aromatic rings. The van der Waals surface area contributed by atoms with Crippen molar-refractivity contribution < 1.29 is 37.3 Å². The number of carbonyl (C=O) groups excluding carboxylic acids is 2. The third-order valence-corrected chi connectivity index (χ3v) is 7.65. The molecule has 2 aliphatic heterocycles. The van der Waals surface area contributed by atoms with Crippen LogP contribution in [0.25, 0.3) is 0 Å². The highest BCUT2D eigenvalue weighted by Crippen LogP contribution is 2.36. The number of pyridine rings is 1. The number of hydrogen-bond acceptors (Lipinski definition) is 6. The fourth-order valence-corrected chi connectivity index (χ4v) is 5.32. The van der Waals surface area contributed by atoms with Crippen LogP contribution in [0.1, 0.15) is 51.4 Å². The molecule has 12 heteroatoms. The average molecular weight is 572 g/mol. The van der Waals surface area contributed by atoms with Crippen LogP contribution in [0, 0.1) is 17.5 Å². The highest BCUT2D eigenvalue weighted by molar-refractivity contribution is 5.99. The molecule has 2 N–H and O–H groups in total. The Morgan fingerprint density at radius 2 is 1.80 bits per heavy atom. The molecule has 2 bridgehead atoms. The predicted octanol–water partition coefficient (Wildman–Crippen LogP) is 2.94. The minimum absolute atomic E-state index is 0.0933. The Balaban J connectivity index is 1.59. The van der Waals surface area contributed by atoms with Crippen LogP contribution in [0.4, 0.5) is 13.2 Å². The molecular weight excluding hydrogens is 543 g/mol. The normalized spacial score (nSPS) is 21.7. The van der Waals surface area contributed by atoms with Gasteiger partial charge in [-0.1, -0.05) is 30.3 Å². The number of halogens is 3. The Kier molecular flexibility index (Phi) is 7.87. The van der Waals surface area contributed by atoms with Gasteiger partial charge in [-0.3, -0.25) is 14.4 Å². The molecule has 2 aliphatic rings. The summed E-state index contributed by atoms with van der Waals surface area (Å²) in [5.74, 6) is -5.43. The summed E-state index contributed by atoms with van der Waals surface area (Å²) in [6.07, 6.45) is -0.115. The number of carbonyl (C=O) groups is 2. The fraction of sp³-hybridized carbons (Fsp3) is 0.345. The third-order valence-electron chi connectivity index (χ3n) is 7.65. The lowest BCUT2D eigenvalue weighted by molar-refractivity contribution is 0.0213. The first-order valence-electron chi connectivity index (χ1n) is 13.0. The second-order valence-electron chi connectivity index (χ2n) is 10.1. The number of amides is 2. The summed E-state index contributed by atoms with van der Waals surface area (Å²) in [5.41, 5.74) is -1.33. The van der Waals surface area contributed by atoms with Crippen LogP contribution in [0.3, 0.4) is 0 Å². The second-order valence-corrected chi connectivity index (χ2v) is 10.1. The van der Waals surface area contributed by atoms with Crippen molar-refractivity contribution in [1.29, 1.82) is 0 Å². The van der Waals surface area contributed by atoms with Gasteiger partial charge >= 0.3 is 0 Å². The van der Waals surface area contributed by atoms with Crippen LogP contribution < -0.4 is 15.5 Å². The van der Waals surface area contributed by atoms with Gasteiger partial charge in [-0.2, -0.15) is 0 Å². The standard InChI is InChI=1S/C29H28F3N3O6/c1-15-23(36)10-24(40-2)22-13-34(15)29(39)25-27(41-14-16-6-4-3-5-7-16)26(37)19(12-35(22)25)28(38)33-11-18-20(31)8-17(30)9-21(18)32/h3-9,12,15,22-24,36H,10-11,13-14H2,1-2H3,(H,33,38)/t15-,22+,23+,24+/m0/s1. The zero-order valence-corrected chi connectivity index (χ0v) is 22.3. The summed E-state index contributed by atoms with van der Waals surface area (Å²) in [4.78, 5) is 42.1. The van der Waals surface area contributed by atoms with Crippen LogP contribution in [0.15, 0.2) is 53.5 Å². The van der Waals surface area contributed by atoms with E-state index in [1.165, 1.54) is 22.8 Å². The molecular formula is C29H28F3N3O6. The minimum Gasteiger partial charge on any atom is -0.483 e. The molecule has 216 valence electrons. The molecule has 0 spiro atoms. The number of nitrogens with zero attached hydrogens (tertiary/aromatic N) is 2. The maximum absolute atomic E-state index is 14.2. The fourth-order valence-electron chi connectivity index (χ4n) is 5.32. The van der Waals surface area contributed by atoms with Gasteiger partial charge in [-0.15, -0.1) is 0 Å². The molecule has 5 rings (SSSR count). The Bertz CT molecular complexity index is 1520. The lowest BCUT2D eigenvalue weighted by Gasteiger charge is -2.39. The van der Waals surface area contributed by atoms with Crippen molar-refractivity contribution in [2.45, 2.75) is 50.8 Å². The van der Waals surface area contributed by atoms with Gasteiger partial charge in [0.2, 0.25) is 5.43 Å². The van der Waals surface area contributed by atoms with Crippen molar-refractivity contribution in [1.82, 2.24) is 14.8 Å². The van der Waals surface area contributed by atoms with Crippen LogP contribution >= 0.6 is 0 Å². The zero-order valence-electron chi connectivity index (χ0n) is 22.3. The SMILES string of the molecule is CO[C@@H]1C[C@@H](O)[C@H](C)N2C[C@H]1n1cc(C(=O)NCc3c(F)cc(F)cc3F)c(=O)c(OCc3ccccc3)c1C2=O. The summed E-state index contributed by atoms with van der Waals surface area (Å²) in [7, 11) is 1.46. The summed E-state index contributed by atoms with van der Waals surface area (Å²) < 4.78 is 54.7. The molecule has 9 nitrogen and oxygen atoms in total. The first-order valence-corrected chi connectivity index (χ1v) is 13.0. The zero-order chi connectivity index (χ0) is 29.4. The number of nitrogens with one attached hydrogen (secondary N) is 1. The summed E-state index contributed by atoms with van der Waals surface area (Å²) in [6, 6.07) is 8.66. The minimum atomic E-state index is -1.20. The maximum Gasteiger partial charge on any atom is 0.274 e. The van der Waals surface area contributed by atoms with Gasteiger partial charge in [0.15, 0.2) is 11.4 Å². The highest BCUT2D eigenvalue weighted by atomic mass is 19.1. The maximum atomic E-state index is 14.2. The Morgan fingerprint density at radius 3 is 2.46 bits per heavy atom. The first-order chi connectivity index (χ1) is 19.6. The van der Waals surface area contributed by atoms with Gasteiger partial charge in [0.25, 0.3) is 11.8 Å². The van der Waals surface area contributed by atoms with Crippen molar-refractivity contribution in [3.63, 3.8) is 0 Å². The van der Waals surface area contributed by atoms with E-state index in [9.17, 15) is 32.7 Å². The quantitative estimate of drug-likeness (QED) is 0.452. The number of methoxy groups -OCH3 is 1. The van der Waals surface area contributed by atoms with Crippen LogP contribution in [-0.2, 0) is 17.9 Å². The van der Waals surface area contributed by atoms with Crippen molar-refractivity contribution in [2.75, 3.05) is 13.7 Å². The molecule has 0 saturated carbocycles. The Labute approximate surface area is 233 Å². The molecule has 1 saturated heterocycles. The topological polar surface area (TPSA) is 110 Å². The van der Waals surface area contributed by atoms with Crippen molar-refractivity contribution in [3.8, 4) is 5.75 Å². The first kappa shape index (κ1) is 28.4. The van der Waals surface area contributed by atoms with E-state index in [4.69, 9.17) is 9.47 Å². The van der Waals surface area contributed by atoms with Gasteiger partial charge in [0, 0.05) is 50.5 Å². The van der Waals surface area contributed by atoms with Crippen LogP contribution in [0.2, 0.25) is 0 Å². The van der Waals surface area contributed by atoms with Gasteiger partial charge in [0.05, 0.1) is 24.3 Å². The van der Waals surface area contributed by atoms with Gasteiger partial charge in [-0.05, 0) is 12.5 Å². The number of hydrogen-bond donors (Lipinski definition) is 2. The summed E-state index contributed by atoms with van der Waals surface area (Å²) in [5, 5.41) is 13.0. The predicted molar refractivity (Wildman–Crippen MR) is 140 cm³/mol. The van der Waals surface area contributed by atoms with Gasteiger partial charge in [0.1, 0.15) is 29.6 Å². The van der Waals surface area contributed by atoms with Crippen molar-refractivity contribution in [3.05, 3.63) is 98.7 Å². The number of ether oxygens (including phenoxy) is 2. The Morgan fingerprint density at radius 1 is 1.12 bits per heavy atom. The molecule has 0 aliphatic carbocycles. The van der Waals surface area contributed by atoms with E-state index in [-0.39, 0.29) is 31.0 Å². The monoisotopic (exact) mass is 571 g/mol. The largest absolute Gasteiger partial charge is 0.483 e. The van der Waals surface area contributed by atoms with Crippen LogP contribution in [-0.4, -0.2) is 58.3 Å². The van der Waals surface area contributed by atoms with E-state index >= 15 is 0 Å². The van der Waals surface area contributed by atoms with E-state index in [0.29, 0.717) is 17.7 Å². The van der Waals surface area contributed by atoms with E-state index in [2.05, 4.69) is 5.32 Å². The molecule has 1 fully saturated rings. The van der Waals surface area contributed by atoms with Crippen molar-refractivity contribution >= 4 is 11.8 Å².